The summed E-state index contributed by atoms with van der Waals surface area (Å²) in [6, 6.07) is 64.5. The molecule has 4 aliphatic heterocycles. The molecule has 132 heavy (non-hydrogen) atoms. The van der Waals surface area contributed by atoms with Gasteiger partial charge in [-0.1, -0.05) is 121 Å². The molecule has 12 aromatic carbocycles. The van der Waals surface area contributed by atoms with Crippen LogP contribution >= 0.6 is 0 Å². The van der Waals surface area contributed by atoms with Gasteiger partial charge in [-0.05, 0) is 293 Å². The predicted molar refractivity (Wildman–Crippen MR) is 519 cm³/mol. The molecule has 0 amide bonds. The summed E-state index contributed by atoms with van der Waals surface area (Å²) < 4.78 is 48.2. The number of carboxylic acids is 4. The maximum Gasteiger partial charge on any atom is 0.337 e. The number of aromatic nitrogens is 4. The van der Waals surface area contributed by atoms with E-state index in [0.29, 0.717) is 48.7 Å². The van der Waals surface area contributed by atoms with Gasteiger partial charge in [0.2, 0.25) is 0 Å². The molecule has 16 aromatic rings. The standard InChI is InChI=1S/4C28H27NO4/c4*1-16-15-18-7-5-6-8-19(18)24(22(16)26(27(30)31)33-28(2,3)4)20-9-10-21-23-17(12-14-32-21)11-13-29-25(20)23/h4*5-11,13,15,26H,12,14H2,1-4H3,(H,30,31)/t4*26-/m1100/s1. The lowest BCUT2D eigenvalue weighted by molar-refractivity contribution is -0.161. The van der Waals surface area contributed by atoms with E-state index in [0.717, 1.165) is 202 Å². The zero-order valence-corrected chi connectivity index (χ0v) is 77.2. The Morgan fingerprint density at radius 3 is 0.674 bits per heavy atom. The Labute approximate surface area is 766 Å². The quantitative estimate of drug-likeness (QED) is 0.0700. The first-order valence-corrected chi connectivity index (χ1v) is 44.8. The van der Waals surface area contributed by atoms with E-state index in [1.165, 1.54) is 22.3 Å². The number of benzene rings is 12. The fourth-order valence-corrected chi connectivity index (χ4v) is 19.3. The van der Waals surface area contributed by atoms with Crippen LogP contribution in [0.15, 0.2) is 219 Å². The molecule has 4 aliphatic rings. The van der Waals surface area contributed by atoms with Crippen LogP contribution in [0.1, 0.15) is 174 Å². The van der Waals surface area contributed by atoms with Crippen LogP contribution in [0.2, 0.25) is 0 Å². The fraction of sp³-hybridized carbons (Fsp3) is 0.286. The molecule has 20 nitrogen and oxygen atoms in total. The van der Waals surface area contributed by atoms with E-state index in [1.807, 2.05) is 305 Å². The fourth-order valence-electron chi connectivity index (χ4n) is 19.3. The van der Waals surface area contributed by atoms with Crippen molar-refractivity contribution < 1.29 is 77.5 Å². The summed E-state index contributed by atoms with van der Waals surface area (Å²) in [6.45, 7) is 32.9. The van der Waals surface area contributed by atoms with Crippen molar-refractivity contribution in [2.75, 3.05) is 26.4 Å². The van der Waals surface area contributed by atoms with Crippen molar-refractivity contribution in [3.8, 4) is 67.5 Å². The number of pyridine rings is 4. The molecule has 4 N–H and O–H groups in total. The van der Waals surface area contributed by atoms with Crippen molar-refractivity contribution in [2.45, 2.75) is 183 Å². The van der Waals surface area contributed by atoms with Gasteiger partial charge in [-0.2, -0.15) is 0 Å². The normalized spacial score (nSPS) is 14.3. The summed E-state index contributed by atoms with van der Waals surface area (Å²) in [5.41, 5.74) is 18.6. The van der Waals surface area contributed by atoms with Crippen LogP contribution in [-0.4, -0.2) is 113 Å². The summed E-state index contributed by atoms with van der Waals surface area (Å²) in [5.74, 6) is -0.756. The molecule has 0 saturated heterocycles. The first-order chi connectivity index (χ1) is 63.0. The molecule has 0 saturated carbocycles. The molecular weight excluding hydrogens is 1660 g/mol. The summed E-state index contributed by atoms with van der Waals surface area (Å²) in [7, 11) is 0. The Kier molecular flexibility index (Phi) is 24.5. The molecule has 4 atom stereocenters. The molecule has 4 aromatic heterocycles. The van der Waals surface area contributed by atoms with E-state index in [9.17, 15) is 39.6 Å². The number of nitrogens with zero attached hydrogens (tertiary/aromatic N) is 4. The van der Waals surface area contributed by atoms with Crippen LogP contribution in [0.4, 0.5) is 0 Å². The zero-order valence-electron chi connectivity index (χ0n) is 77.2. The molecule has 20 rings (SSSR count). The van der Waals surface area contributed by atoms with Crippen LogP contribution in [0.5, 0.6) is 23.0 Å². The van der Waals surface area contributed by atoms with Gasteiger partial charge in [0, 0.05) is 117 Å². The maximum atomic E-state index is 12.5. The van der Waals surface area contributed by atoms with Crippen molar-refractivity contribution >= 4 is 111 Å². The minimum absolute atomic E-state index is 0.634. The minimum atomic E-state index is -1.12. The molecule has 0 aliphatic carbocycles. The number of fused-ring (bicyclic) bond motifs is 4. The smallest absolute Gasteiger partial charge is 0.337 e. The van der Waals surface area contributed by atoms with Gasteiger partial charge in [0.25, 0.3) is 0 Å². The summed E-state index contributed by atoms with van der Waals surface area (Å²) >= 11 is 0. The Bertz CT molecular complexity index is 6430. The zero-order chi connectivity index (χ0) is 93.3. The number of rotatable bonds is 16. The minimum Gasteiger partial charge on any atom is -0.493 e. The molecule has 0 fully saturated rings. The van der Waals surface area contributed by atoms with Crippen molar-refractivity contribution in [3.63, 3.8) is 0 Å². The predicted octanol–water partition coefficient (Wildman–Crippen LogP) is 25.0. The van der Waals surface area contributed by atoms with Gasteiger partial charge in [0.1, 0.15) is 23.0 Å². The lowest BCUT2D eigenvalue weighted by Gasteiger charge is -2.29. The first-order valence-electron chi connectivity index (χ1n) is 44.8. The summed E-state index contributed by atoms with van der Waals surface area (Å²) in [6.07, 6.45) is 6.12. The van der Waals surface area contributed by atoms with Gasteiger partial charge >= 0.3 is 23.9 Å². The third-order valence-electron chi connectivity index (χ3n) is 24.4. The molecule has 672 valence electrons. The maximum absolute atomic E-state index is 12.5. The number of aryl methyl sites for hydroxylation is 4. The van der Waals surface area contributed by atoms with E-state index < -0.39 is 70.7 Å². The van der Waals surface area contributed by atoms with Crippen molar-refractivity contribution in [2.24, 2.45) is 0 Å². The van der Waals surface area contributed by atoms with E-state index in [1.54, 1.807) is 0 Å². The highest BCUT2D eigenvalue weighted by Gasteiger charge is 2.39. The number of carbonyl (C=O) groups is 4. The second kappa shape index (κ2) is 35.8. The third-order valence-corrected chi connectivity index (χ3v) is 24.4. The second-order valence-electron chi connectivity index (χ2n) is 38.2. The third kappa shape index (κ3) is 17.8. The molecule has 0 bridgehead atoms. The van der Waals surface area contributed by atoms with Gasteiger partial charge in [-0.3, -0.25) is 19.9 Å². The van der Waals surface area contributed by atoms with E-state index in [2.05, 4.69) is 24.3 Å². The topological polar surface area (TPSA) is 275 Å². The lowest BCUT2D eigenvalue weighted by Crippen LogP contribution is -2.28. The summed E-state index contributed by atoms with van der Waals surface area (Å²) in [4.78, 5) is 69.1. The van der Waals surface area contributed by atoms with E-state index >= 15 is 0 Å². The van der Waals surface area contributed by atoms with Crippen LogP contribution in [0, 0.1) is 27.7 Å². The first kappa shape index (κ1) is 90.2. The highest BCUT2D eigenvalue weighted by Crippen LogP contribution is 2.52. The molecule has 0 spiro atoms. The van der Waals surface area contributed by atoms with Crippen LogP contribution in [0.25, 0.3) is 131 Å². The van der Waals surface area contributed by atoms with Crippen LogP contribution in [0.3, 0.4) is 0 Å². The van der Waals surface area contributed by atoms with Crippen molar-refractivity contribution in [1.82, 2.24) is 19.9 Å². The Morgan fingerprint density at radius 1 is 0.288 bits per heavy atom. The van der Waals surface area contributed by atoms with Gasteiger partial charge in [0.15, 0.2) is 24.4 Å². The highest BCUT2D eigenvalue weighted by molar-refractivity contribution is 6.14. The van der Waals surface area contributed by atoms with E-state index in [4.69, 9.17) is 57.8 Å². The number of ether oxygens (including phenoxy) is 8. The molecular formula is C112H108N4O16. The van der Waals surface area contributed by atoms with E-state index in [-0.39, 0.29) is 0 Å². The largest absolute Gasteiger partial charge is 0.493 e. The Morgan fingerprint density at radius 2 is 0.485 bits per heavy atom. The van der Waals surface area contributed by atoms with Crippen LogP contribution < -0.4 is 18.9 Å². The Balaban J connectivity index is 0.000000123. The highest BCUT2D eigenvalue weighted by atomic mass is 16.6. The molecule has 8 heterocycles. The SMILES string of the molecule is Cc1cc2ccccc2c(-c2ccc3c4c(ccnc24)CCO3)c1[C@@H](OC(C)(C)C)C(=O)O.Cc1cc2ccccc2c(-c2ccc3c4c(ccnc24)CCO3)c1[C@@H](OC(C)(C)C)C(=O)O.Cc1cc2ccccc2c(-c2ccc3c4c(ccnc24)CCO3)c1[C@H](OC(C)(C)C)C(=O)O.Cc1cc2ccccc2c(-c2ccc3c4c(ccnc24)CCO3)c1[C@H](OC(C)(C)C)C(=O)O. The number of aliphatic carboxylic acids is 4. The van der Waals surface area contributed by atoms with Crippen LogP contribution in [-0.2, 0) is 63.8 Å². The summed E-state index contributed by atoms with van der Waals surface area (Å²) in [5, 5.41) is 53.1. The Hall–Kier alpha value is -13.8. The molecule has 20 heteroatoms. The van der Waals surface area contributed by atoms with Gasteiger partial charge in [-0.25, -0.2) is 19.2 Å². The monoisotopic (exact) mass is 1760 g/mol. The average molecular weight is 1770 g/mol. The van der Waals surface area contributed by atoms with Crippen molar-refractivity contribution in [1.29, 1.82) is 0 Å². The lowest BCUT2D eigenvalue weighted by atomic mass is 9.85. The van der Waals surface area contributed by atoms with Gasteiger partial charge in [-0.15, -0.1) is 0 Å². The number of hydrogen-bond acceptors (Lipinski definition) is 16. The number of hydrogen-bond donors (Lipinski definition) is 4. The number of carboxylic acid groups (broad SMARTS) is 4. The molecule has 0 unspecified atom stereocenters. The molecule has 0 radical (unpaired) electrons. The van der Waals surface area contributed by atoms with Gasteiger partial charge in [0.05, 0.1) is 70.9 Å². The second-order valence-corrected chi connectivity index (χ2v) is 38.2. The van der Waals surface area contributed by atoms with Gasteiger partial charge < -0.3 is 58.3 Å². The van der Waals surface area contributed by atoms with Crippen molar-refractivity contribution in [3.05, 3.63) is 286 Å². The average Bonchev–Trinajstić information content (AvgIpc) is 0.745.